The molecule has 0 bridgehead atoms. The highest BCUT2D eigenvalue weighted by Gasteiger charge is 2.39. The largest absolute Gasteiger partial charge is 0.272 e. The number of hydrazone groups is 1. The zero-order chi connectivity index (χ0) is 11.1. The highest BCUT2D eigenvalue weighted by Crippen LogP contribution is 2.28. The molecule has 1 amide bonds. The van der Waals surface area contributed by atoms with Crippen LogP contribution in [-0.4, -0.2) is 11.6 Å². The first-order valence-electron chi connectivity index (χ1n) is 4.98. The van der Waals surface area contributed by atoms with Crippen LogP contribution in [0.3, 0.4) is 0 Å². The van der Waals surface area contributed by atoms with Gasteiger partial charge in [0, 0.05) is 5.56 Å². The van der Waals surface area contributed by atoms with Crippen molar-refractivity contribution in [3.05, 3.63) is 35.4 Å². The molecule has 1 aromatic rings. The molecule has 1 aromatic carbocycles. The molecule has 3 heteroatoms. The van der Waals surface area contributed by atoms with Crippen molar-refractivity contribution in [1.29, 1.82) is 0 Å². The Bertz CT molecular complexity index is 447. The molecule has 1 aliphatic rings. The van der Waals surface area contributed by atoms with E-state index in [0.29, 0.717) is 0 Å². The lowest BCUT2D eigenvalue weighted by atomic mass is 9.82. The summed E-state index contributed by atoms with van der Waals surface area (Å²) >= 11 is 0. The summed E-state index contributed by atoms with van der Waals surface area (Å²) in [5.74, 6) is -0.0410. The third-order valence-electron chi connectivity index (χ3n) is 2.83. The fourth-order valence-corrected chi connectivity index (χ4v) is 1.73. The molecular weight excluding hydrogens is 188 g/mol. The van der Waals surface area contributed by atoms with Crippen LogP contribution in [0, 0.1) is 12.3 Å². The van der Waals surface area contributed by atoms with E-state index < -0.39 is 5.41 Å². The van der Waals surface area contributed by atoms with E-state index in [4.69, 9.17) is 0 Å². The molecule has 3 nitrogen and oxygen atoms in total. The van der Waals surface area contributed by atoms with Crippen molar-refractivity contribution in [2.24, 2.45) is 10.5 Å². The zero-order valence-electron chi connectivity index (χ0n) is 9.16. The van der Waals surface area contributed by atoms with Crippen molar-refractivity contribution in [3.8, 4) is 0 Å². The third kappa shape index (κ3) is 1.44. The molecule has 1 N–H and O–H groups in total. The minimum atomic E-state index is -0.536. The second-order valence-electron chi connectivity index (χ2n) is 4.34. The molecule has 2 rings (SSSR count). The van der Waals surface area contributed by atoms with Crippen LogP contribution in [0.1, 0.15) is 25.0 Å². The van der Waals surface area contributed by atoms with E-state index in [-0.39, 0.29) is 5.91 Å². The molecule has 0 spiro atoms. The molecule has 0 saturated heterocycles. The number of aryl methyl sites for hydroxylation is 1. The molecule has 0 aromatic heterocycles. The standard InChI is InChI=1S/C12H14N2O/c1-8-6-4-5-7-9(8)10-12(2,3)11(15)14-13-10/h4-7H,1-3H3,(H,14,15). The van der Waals surface area contributed by atoms with Gasteiger partial charge in [0.2, 0.25) is 0 Å². The van der Waals surface area contributed by atoms with Gasteiger partial charge in [-0.1, -0.05) is 24.3 Å². The number of benzene rings is 1. The molecule has 1 heterocycles. The number of nitrogens with zero attached hydrogens (tertiary/aromatic N) is 1. The van der Waals surface area contributed by atoms with E-state index in [1.165, 1.54) is 0 Å². The summed E-state index contributed by atoms with van der Waals surface area (Å²) in [5.41, 5.74) is 5.01. The van der Waals surface area contributed by atoms with Gasteiger partial charge in [0.05, 0.1) is 11.1 Å². The number of hydrogen-bond acceptors (Lipinski definition) is 2. The fraction of sp³-hybridized carbons (Fsp3) is 0.333. The Kier molecular flexibility index (Phi) is 2.11. The van der Waals surface area contributed by atoms with Crippen LogP contribution >= 0.6 is 0 Å². The maximum atomic E-state index is 11.6. The Morgan fingerprint density at radius 3 is 2.47 bits per heavy atom. The molecule has 15 heavy (non-hydrogen) atoms. The van der Waals surface area contributed by atoms with E-state index in [1.807, 2.05) is 45.0 Å². The van der Waals surface area contributed by atoms with Gasteiger partial charge < -0.3 is 0 Å². The van der Waals surface area contributed by atoms with Crippen LogP contribution in [0.15, 0.2) is 29.4 Å². The van der Waals surface area contributed by atoms with Gasteiger partial charge in [-0.05, 0) is 26.3 Å². The minimum absolute atomic E-state index is 0.0410. The van der Waals surface area contributed by atoms with Gasteiger partial charge in [-0.3, -0.25) is 4.79 Å². The summed E-state index contributed by atoms with van der Waals surface area (Å²) < 4.78 is 0. The lowest BCUT2D eigenvalue weighted by Gasteiger charge is -2.17. The number of carbonyl (C=O) groups is 1. The topological polar surface area (TPSA) is 41.5 Å². The monoisotopic (exact) mass is 202 g/mol. The van der Waals surface area contributed by atoms with Crippen LogP contribution in [-0.2, 0) is 4.79 Å². The maximum Gasteiger partial charge on any atom is 0.251 e. The predicted molar refractivity (Wildman–Crippen MR) is 59.6 cm³/mol. The quantitative estimate of drug-likeness (QED) is 0.742. The van der Waals surface area contributed by atoms with Crippen molar-refractivity contribution in [2.75, 3.05) is 0 Å². The van der Waals surface area contributed by atoms with Gasteiger partial charge >= 0.3 is 0 Å². The van der Waals surface area contributed by atoms with E-state index in [1.54, 1.807) is 0 Å². The molecule has 0 unspecified atom stereocenters. The first-order chi connectivity index (χ1) is 7.03. The third-order valence-corrected chi connectivity index (χ3v) is 2.83. The molecule has 78 valence electrons. The number of carbonyl (C=O) groups excluding carboxylic acids is 1. The second-order valence-corrected chi connectivity index (χ2v) is 4.34. The van der Waals surface area contributed by atoms with E-state index in [9.17, 15) is 4.79 Å². The number of amides is 1. The first-order valence-corrected chi connectivity index (χ1v) is 4.98. The second kappa shape index (κ2) is 3.19. The summed E-state index contributed by atoms with van der Waals surface area (Å²) in [7, 11) is 0. The summed E-state index contributed by atoms with van der Waals surface area (Å²) in [6.45, 7) is 5.80. The Balaban J connectivity index is 2.50. The summed E-state index contributed by atoms with van der Waals surface area (Å²) in [6.07, 6.45) is 0. The SMILES string of the molecule is Cc1ccccc1C1=NNC(=O)C1(C)C. The van der Waals surface area contributed by atoms with E-state index >= 15 is 0 Å². The Labute approximate surface area is 89.2 Å². The Morgan fingerprint density at radius 2 is 1.93 bits per heavy atom. The first kappa shape index (κ1) is 9.90. The molecule has 0 saturated carbocycles. The number of hydrogen-bond donors (Lipinski definition) is 1. The number of nitrogens with one attached hydrogen (secondary N) is 1. The van der Waals surface area contributed by atoms with Crippen LogP contribution in [0.25, 0.3) is 0 Å². The fourth-order valence-electron chi connectivity index (χ4n) is 1.73. The van der Waals surface area contributed by atoms with Crippen molar-refractivity contribution in [3.63, 3.8) is 0 Å². The van der Waals surface area contributed by atoms with Crippen molar-refractivity contribution < 1.29 is 4.79 Å². The summed E-state index contributed by atoms with van der Waals surface area (Å²) in [6, 6.07) is 7.97. The highest BCUT2D eigenvalue weighted by atomic mass is 16.2. The highest BCUT2D eigenvalue weighted by molar-refractivity contribution is 6.19. The molecule has 0 aliphatic carbocycles. The van der Waals surface area contributed by atoms with Gasteiger partial charge in [-0.15, -0.1) is 0 Å². The summed E-state index contributed by atoms with van der Waals surface area (Å²) in [4.78, 5) is 11.6. The molecule has 1 aliphatic heterocycles. The van der Waals surface area contributed by atoms with Crippen LogP contribution in [0.4, 0.5) is 0 Å². The lowest BCUT2D eigenvalue weighted by molar-refractivity contribution is -0.125. The van der Waals surface area contributed by atoms with Crippen molar-refractivity contribution in [2.45, 2.75) is 20.8 Å². The van der Waals surface area contributed by atoms with Gasteiger partial charge in [0.25, 0.3) is 5.91 Å². The Morgan fingerprint density at radius 1 is 1.27 bits per heavy atom. The predicted octanol–water partition coefficient (Wildman–Crippen LogP) is 1.86. The normalized spacial score (nSPS) is 18.6. The van der Waals surface area contributed by atoms with Crippen LogP contribution in [0.2, 0.25) is 0 Å². The zero-order valence-corrected chi connectivity index (χ0v) is 9.16. The minimum Gasteiger partial charge on any atom is -0.272 e. The Hall–Kier alpha value is -1.64. The van der Waals surface area contributed by atoms with Gasteiger partial charge in [-0.25, -0.2) is 5.43 Å². The van der Waals surface area contributed by atoms with Gasteiger partial charge in [0.15, 0.2) is 0 Å². The van der Waals surface area contributed by atoms with Crippen molar-refractivity contribution in [1.82, 2.24) is 5.43 Å². The molecule has 0 radical (unpaired) electrons. The van der Waals surface area contributed by atoms with Gasteiger partial charge in [-0.2, -0.15) is 5.10 Å². The van der Waals surface area contributed by atoms with Gasteiger partial charge in [0.1, 0.15) is 0 Å². The lowest BCUT2D eigenvalue weighted by Crippen LogP contribution is -2.32. The molecule has 0 fully saturated rings. The average molecular weight is 202 g/mol. The molecular formula is C12H14N2O. The smallest absolute Gasteiger partial charge is 0.251 e. The van der Waals surface area contributed by atoms with E-state index in [0.717, 1.165) is 16.8 Å². The van der Waals surface area contributed by atoms with Crippen LogP contribution < -0.4 is 5.43 Å². The summed E-state index contributed by atoms with van der Waals surface area (Å²) in [5, 5.41) is 4.12. The maximum absolute atomic E-state index is 11.6. The van der Waals surface area contributed by atoms with Crippen LogP contribution in [0.5, 0.6) is 0 Å². The molecule has 0 atom stereocenters. The number of rotatable bonds is 1. The van der Waals surface area contributed by atoms with E-state index in [2.05, 4.69) is 10.5 Å². The average Bonchev–Trinajstić information content (AvgIpc) is 2.44. The van der Waals surface area contributed by atoms with Crippen molar-refractivity contribution >= 4 is 11.6 Å².